The molecule has 0 amide bonds. The van der Waals surface area contributed by atoms with Crippen molar-refractivity contribution < 1.29 is 0 Å². The van der Waals surface area contributed by atoms with E-state index in [0.29, 0.717) is 12.1 Å². The number of hydrogen-bond donors (Lipinski definition) is 1. The molecule has 0 aliphatic carbocycles. The SMILES string of the molecule is CNC(C)c1cccnc1N1CCN(C)CC1C. The van der Waals surface area contributed by atoms with Gasteiger partial charge in [0.25, 0.3) is 0 Å². The third-order valence-corrected chi connectivity index (χ3v) is 3.82. The van der Waals surface area contributed by atoms with Crippen LogP contribution in [0.15, 0.2) is 18.3 Å². The molecule has 4 nitrogen and oxygen atoms in total. The van der Waals surface area contributed by atoms with Gasteiger partial charge in [-0.05, 0) is 34.0 Å². The van der Waals surface area contributed by atoms with Crippen LogP contribution in [-0.4, -0.2) is 49.7 Å². The second-order valence-electron chi connectivity index (χ2n) is 5.23. The van der Waals surface area contributed by atoms with Crippen LogP contribution in [0.1, 0.15) is 25.5 Å². The molecule has 0 aromatic carbocycles. The number of pyridine rings is 1. The molecule has 4 heteroatoms. The Bertz CT molecular complexity index is 393. The second-order valence-corrected chi connectivity index (χ2v) is 5.23. The molecule has 1 aliphatic rings. The van der Waals surface area contributed by atoms with Gasteiger partial charge in [-0.3, -0.25) is 0 Å². The monoisotopic (exact) mass is 248 g/mol. The van der Waals surface area contributed by atoms with Crippen molar-refractivity contribution in [3.8, 4) is 0 Å². The summed E-state index contributed by atoms with van der Waals surface area (Å²) in [6, 6.07) is 5.05. The topological polar surface area (TPSA) is 31.4 Å². The highest BCUT2D eigenvalue weighted by Crippen LogP contribution is 2.26. The first-order valence-electron chi connectivity index (χ1n) is 6.71. The number of rotatable bonds is 3. The Morgan fingerprint density at radius 3 is 2.89 bits per heavy atom. The molecular weight excluding hydrogens is 224 g/mol. The Morgan fingerprint density at radius 1 is 1.44 bits per heavy atom. The standard InChI is InChI=1S/C14H24N4/c1-11-10-17(4)8-9-18(11)14-13(12(2)15-3)6-5-7-16-14/h5-7,11-12,15H,8-10H2,1-4H3. The summed E-state index contributed by atoms with van der Waals surface area (Å²) < 4.78 is 0. The second kappa shape index (κ2) is 5.67. The van der Waals surface area contributed by atoms with E-state index in [1.54, 1.807) is 0 Å². The lowest BCUT2D eigenvalue weighted by Crippen LogP contribution is -2.51. The highest BCUT2D eigenvalue weighted by Gasteiger charge is 2.25. The molecule has 0 bridgehead atoms. The average Bonchev–Trinajstić information content (AvgIpc) is 2.38. The van der Waals surface area contributed by atoms with E-state index in [1.807, 2.05) is 19.3 Å². The van der Waals surface area contributed by atoms with Crippen molar-refractivity contribution in [3.05, 3.63) is 23.9 Å². The molecule has 1 aromatic heterocycles. The molecule has 1 aliphatic heterocycles. The van der Waals surface area contributed by atoms with Gasteiger partial charge in [0.05, 0.1) is 0 Å². The number of piperazine rings is 1. The maximum atomic E-state index is 4.61. The van der Waals surface area contributed by atoms with Gasteiger partial charge in [0.15, 0.2) is 0 Å². The van der Waals surface area contributed by atoms with Crippen LogP contribution in [-0.2, 0) is 0 Å². The number of aromatic nitrogens is 1. The van der Waals surface area contributed by atoms with Crippen molar-refractivity contribution in [2.75, 3.05) is 38.6 Å². The van der Waals surface area contributed by atoms with Gasteiger partial charge in [-0.2, -0.15) is 0 Å². The van der Waals surface area contributed by atoms with Crippen LogP contribution in [0, 0.1) is 0 Å². The fourth-order valence-corrected chi connectivity index (χ4v) is 2.60. The van der Waals surface area contributed by atoms with E-state index < -0.39 is 0 Å². The summed E-state index contributed by atoms with van der Waals surface area (Å²) in [4.78, 5) is 9.43. The van der Waals surface area contributed by atoms with E-state index >= 15 is 0 Å². The summed E-state index contributed by atoms with van der Waals surface area (Å²) in [5.41, 5.74) is 1.29. The van der Waals surface area contributed by atoms with Gasteiger partial charge in [-0.1, -0.05) is 6.07 Å². The lowest BCUT2D eigenvalue weighted by atomic mass is 10.1. The smallest absolute Gasteiger partial charge is 0.133 e. The van der Waals surface area contributed by atoms with Gasteiger partial charge in [-0.15, -0.1) is 0 Å². The molecule has 100 valence electrons. The van der Waals surface area contributed by atoms with Gasteiger partial charge in [-0.25, -0.2) is 4.98 Å². The van der Waals surface area contributed by atoms with Crippen LogP contribution in [0.2, 0.25) is 0 Å². The summed E-state index contributed by atoms with van der Waals surface area (Å²) in [6.07, 6.45) is 1.90. The number of nitrogens with one attached hydrogen (secondary N) is 1. The van der Waals surface area contributed by atoms with Crippen LogP contribution >= 0.6 is 0 Å². The van der Waals surface area contributed by atoms with Crippen molar-refractivity contribution in [1.82, 2.24) is 15.2 Å². The first-order chi connectivity index (χ1) is 8.63. The minimum atomic E-state index is 0.334. The highest BCUT2D eigenvalue weighted by molar-refractivity contribution is 5.49. The number of hydrogen-bond acceptors (Lipinski definition) is 4. The highest BCUT2D eigenvalue weighted by atomic mass is 15.3. The number of anilines is 1. The van der Waals surface area contributed by atoms with Crippen molar-refractivity contribution >= 4 is 5.82 Å². The molecule has 2 rings (SSSR count). The van der Waals surface area contributed by atoms with E-state index in [9.17, 15) is 0 Å². The van der Waals surface area contributed by atoms with Crippen LogP contribution in [0.25, 0.3) is 0 Å². The van der Waals surface area contributed by atoms with E-state index in [0.717, 1.165) is 25.5 Å². The first-order valence-corrected chi connectivity index (χ1v) is 6.71. The predicted molar refractivity (Wildman–Crippen MR) is 76.0 cm³/mol. The lowest BCUT2D eigenvalue weighted by Gasteiger charge is -2.40. The molecule has 0 spiro atoms. The minimum absolute atomic E-state index is 0.334. The van der Waals surface area contributed by atoms with Crippen molar-refractivity contribution in [2.24, 2.45) is 0 Å². The zero-order valence-electron chi connectivity index (χ0n) is 11.8. The molecule has 0 radical (unpaired) electrons. The van der Waals surface area contributed by atoms with Gasteiger partial charge >= 0.3 is 0 Å². The summed E-state index contributed by atoms with van der Waals surface area (Å²) in [5, 5.41) is 3.31. The van der Waals surface area contributed by atoms with E-state index in [4.69, 9.17) is 0 Å². The van der Waals surface area contributed by atoms with Gasteiger partial charge in [0, 0.05) is 43.5 Å². The molecule has 2 unspecified atom stereocenters. The van der Waals surface area contributed by atoms with E-state index in [1.165, 1.54) is 5.56 Å². The van der Waals surface area contributed by atoms with E-state index in [-0.39, 0.29) is 0 Å². The molecule has 1 N–H and O–H groups in total. The third-order valence-electron chi connectivity index (χ3n) is 3.82. The lowest BCUT2D eigenvalue weighted by molar-refractivity contribution is 0.274. The zero-order chi connectivity index (χ0) is 13.1. The van der Waals surface area contributed by atoms with Gasteiger partial charge in [0.2, 0.25) is 0 Å². The van der Waals surface area contributed by atoms with Gasteiger partial charge in [0.1, 0.15) is 5.82 Å². The van der Waals surface area contributed by atoms with Crippen LogP contribution in [0.3, 0.4) is 0 Å². The van der Waals surface area contributed by atoms with Crippen LogP contribution < -0.4 is 10.2 Å². The molecule has 1 aromatic rings. The van der Waals surface area contributed by atoms with Crippen molar-refractivity contribution in [3.63, 3.8) is 0 Å². The summed E-state index contributed by atoms with van der Waals surface area (Å²) >= 11 is 0. The largest absolute Gasteiger partial charge is 0.351 e. The van der Waals surface area contributed by atoms with Gasteiger partial charge < -0.3 is 15.1 Å². The Labute approximate surface area is 110 Å². The molecule has 1 fully saturated rings. The molecule has 2 heterocycles. The van der Waals surface area contributed by atoms with E-state index in [2.05, 4.69) is 47.1 Å². The fourth-order valence-electron chi connectivity index (χ4n) is 2.60. The van der Waals surface area contributed by atoms with Crippen LogP contribution in [0.5, 0.6) is 0 Å². The number of nitrogens with zero attached hydrogens (tertiary/aromatic N) is 3. The third kappa shape index (κ3) is 2.65. The summed E-state index contributed by atoms with van der Waals surface area (Å²) in [6.45, 7) is 7.72. The minimum Gasteiger partial charge on any atom is -0.351 e. The first kappa shape index (κ1) is 13.3. The zero-order valence-corrected chi connectivity index (χ0v) is 11.8. The molecule has 2 atom stereocenters. The van der Waals surface area contributed by atoms with Crippen molar-refractivity contribution in [2.45, 2.75) is 25.9 Å². The Morgan fingerprint density at radius 2 is 2.22 bits per heavy atom. The quantitative estimate of drug-likeness (QED) is 0.878. The Hall–Kier alpha value is -1.13. The predicted octanol–water partition coefficient (Wildman–Crippen LogP) is 1.50. The summed E-state index contributed by atoms with van der Waals surface area (Å²) in [5.74, 6) is 1.14. The molecular formula is C14H24N4. The fraction of sp³-hybridized carbons (Fsp3) is 0.643. The Balaban J connectivity index is 2.27. The molecule has 18 heavy (non-hydrogen) atoms. The van der Waals surface area contributed by atoms with Crippen molar-refractivity contribution in [1.29, 1.82) is 0 Å². The maximum absolute atomic E-state index is 4.61. The molecule has 0 saturated carbocycles. The summed E-state index contributed by atoms with van der Waals surface area (Å²) in [7, 11) is 4.18. The normalized spacial score (nSPS) is 23.1. The Kier molecular flexibility index (Phi) is 4.19. The number of likely N-dealkylation sites (N-methyl/N-ethyl adjacent to an activating group) is 1. The molecule has 1 saturated heterocycles. The van der Waals surface area contributed by atoms with Crippen LogP contribution in [0.4, 0.5) is 5.82 Å². The maximum Gasteiger partial charge on any atom is 0.133 e. The average molecular weight is 248 g/mol.